The van der Waals surface area contributed by atoms with Gasteiger partial charge in [-0.3, -0.25) is 9.69 Å². The third kappa shape index (κ3) is 4.50. The number of ether oxygens (including phenoxy) is 1. The Morgan fingerprint density at radius 1 is 1.11 bits per heavy atom. The van der Waals surface area contributed by atoms with Crippen molar-refractivity contribution in [2.24, 2.45) is 11.8 Å². The molecule has 4 heteroatoms. The molecule has 0 aliphatic carbocycles. The zero-order valence-electron chi connectivity index (χ0n) is 16.3. The number of likely N-dealkylation sites (tertiary alicyclic amines) is 1. The highest BCUT2D eigenvalue weighted by Gasteiger charge is 2.28. The van der Waals surface area contributed by atoms with E-state index in [9.17, 15) is 4.79 Å². The second-order valence-corrected chi connectivity index (χ2v) is 8.18. The van der Waals surface area contributed by atoms with Crippen LogP contribution in [0.1, 0.15) is 24.8 Å². The van der Waals surface area contributed by atoms with Crippen molar-refractivity contribution >= 4 is 16.7 Å². The lowest BCUT2D eigenvalue weighted by Gasteiger charge is -2.34. The van der Waals surface area contributed by atoms with Gasteiger partial charge in [0.25, 0.3) is 0 Å². The standard InChI is InChI=1S/C23H30N2O2/c1-24(23(26)22-10-13-27-17-22)15-18-8-11-25(12-9-18)16-19-6-7-20-4-2-3-5-21(20)14-19/h2-7,14,18,22H,8-13,15-17H2,1H3. The molecule has 0 aromatic heterocycles. The summed E-state index contributed by atoms with van der Waals surface area (Å²) in [5.41, 5.74) is 1.39. The quantitative estimate of drug-likeness (QED) is 0.811. The molecule has 27 heavy (non-hydrogen) atoms. The topological polar surface area (TPSA) is 32.8 Å². The Morgan fingerprint density at radius 3 is 2.63 bits per heavy atom. The van der Waals surface area contributed by atoms with Gasteiger partial charge in [0.1, 0.15) is 0 Å². The first kappa shape index (κ1) is 18.5. The molecule has 0 N–H and O–H groups in total. The third-order valence-electron chi connectivity index (χ3n) is 6.11. The zero-order valence-corrected chi connectivity index (χ0v) is 16.3. The first-order valence-electron chi connectivity index (χ1n) is 10.2. The summed E-state index contributed by atoms with van der Waals surface area (Å²) in [5.74, 6) is 0.975. The highest BCUT2D eigenvalue weighted by atomic mass is 16.5. The number of rotatable bonds is 5. The average molecular weight is 367 g/mol. The smallest absolute Gasteiger partial charge is 0.227 e. The summed E-state index contributed by atoms with van der Waals surface area (Å²) in [5, 5.41) is 2.63. The number of fused-ring (bicyclic) bond motifs is 1. The summed E-state index contributed by atoms with van der Waals surface area (Å²) in [7, 11) is 1.96. The molecule has 1 amide bonds. The molecule has 2 saturated heterocycles. The van der Waals surface area contributed by atoms with Crippen LogP contribution in [0.5, 0.6) is 0 Å². The minimum Gasteiger partial charge on any atom is -0.381 e. The van der Waals surface area contributed by atoms with Crippen LogP contribution in [0.15, 0.2) is 42.5 Å². The molecule has 2 aliphatic rings. The van der Waals surface area contributed by atoms with E-state index in [0.717, 1.165) is 39.2 Å². The predicted octanol–water partition coefficient (Wildman–Crippen LogP) is 3.55. The Bertz CT molecular complexity index is 777. The molecule has 4 nitrogen and oxygen atoms in total. The van der Waals surface area contributed by atoms with E-state index in [4.69, 9.17) is 4.74 Å². The maximum absolute atomic E-state index is 12.5. The van der Waals surface area contributed by atoms with Crippen LogP contribution in [0.4, 0.5) is 0 Å². The highest BCUT2D eigenvalue weighted by Crippen LogP contribution is 2.23. The van der Waals surface area contributed by atoms with Gasteiger partial charge in [-0.05, 0) is 60.7 Å². The van der Waals surface area contributed by atoms with Crippen molar-refractivity contribution in [3.8, 4) is 0 Å². The van der Waals surface area contributed by atoms with Crippen LogP contribution in [0, 0.1) is 11.8 Å². The van der Waals surface area contributed by atoms with Crippen LogP contribution in [-0.2, 0) is 16.1 Å². The van der Waals surface area contributed by atoms with Crippen LogP contribution in [0.3, 0.4) is 0 Å². The van der Waals surface area contributed by atoms with Crippen molar-refractivity contribution in [2.45, 2.75) is 25.8 Å². The van der Waals surface area contributed by atoms with E-state index in [0.29, 0.717) is 12.5 Å². The van der Waals surface area contributed by atoms with Crippen LogP contribution >= 0.6 is 0 Å². The van der Waals surface area contributed by atoms with Crippen molar-refractivity contribution in [3.63, 3.8) is 0 Å². The summed E-state index contributed by atoms with van der Waals surface area (Å²) in [4.78, 5) is 17.0. The second-order valence-electron chi connectivity index (χ2n) is 8.18. The van der Waals surface area contributed by atoms with Crippen LogP contribution < -0.4 is 0 Å². The Hall–Kier alpha value is -1.91. The van der Waals surface area contributed by atoms with E-state index in [1.54, 1.807) is 0 Å². The molecule has 144 valence electrons. The first-order valence-corrected chi connectivity index (χ1v) is 10.2. The summed E-state index contributed by atoms with van der Waals surface area (Å²) >= 11 is 0. The fraction of sp³-hybridized carbons (Fsp3) is 0.522. The minimum absolute atomic E-state index is 0.0861. The van der Waals surface area contributed by atoms with Gasteiger partial charge < -0.3 is 9.64 Å². The average Bonchev–Trinajstić information content (AvgIpc) is 3.23. The lowest BCUT2D eigenvalue weighted by molar-refractivity contribution is -0.134. The molecule has 0 radical (unpaired) electrons. The Kier molecular flexibility index (Phi) is 5.74. The van der Waals surface area contributed by atoms with E-state index in [2.05, 4.69) is 47.4 Å². The van der Waals surface area contributed by atoms with E-state index < -0.39 is 0 Å². The number of nitrogens with zero attached hydrogens (tertiary/aromatic N) is 2. The number of carbonyl (C=O) groups excluding carboxylic acids is 1. The van der Waals surface area contributed by atoms with Gasteiger partial charge >= 0.3 is 0 Å². The predicted molar refractivity (Wildman–Crippen MR) is 109 cm³/mol. The first-order chi connectivity index (χ1) is 13.2. The second kappa shape index (κ2) is 8.41. The number of carbonyl (C=O) groups is 1. The number of amides is 1. The van der Waals surface area contributed by atoms with Crippen molar-refractivity contribution in [1.82, 2.24) is 9.80 Å². The van der Waals surface area contributed by atoms with Gasteiger partial charge in [-0.15, -0.1) is 0 Å². The molecule has 0 saturated carbocycles. The molecule has 2 aliphatic heterocycles. The number of piperidine rings is 1. The summed E-state index contributed by atoms with van der Waals surface area (Å²) < 4.78 is 5.36. The van der Waals surface area contributed by atoms with Crippen LogP contribution in [0.25, 0.3) is 10.8 Å². The molecule has 4 rings (SSSR count). The molecule has 2 aromatic carbocycles. The maximum atomic E-state index is 12.5. The number of hydrogen-bond acceptors (Lipinski definition) is 3. The van der Waals surface area contributed by atoms with Crippen LogP contribution in [-0.4, -0.2) is 55.6 Å². The molecule has 1 unspecified atom stereocenters. The Balaban J connectivity index is 1.26. The number of benzene rings is 2. The van der Waals surface area contributed by atoms with E-state index in [-0.39, 0.29) is 11.8 Å². The zero-order chi connectivity index (χ0) is 18.6. The minimum atomic E-state index is 0.0861. The van der Waals surface area contributed by atoms with Gasteiger partial charge in [-0.1, -0.05) is 36.4 Å². The van der Waals surface area contributed by atoms with Gasteiger partial charge in [0.05, 0.1) is 12.5 Å². The molecule has 2 heterocycles. The van der Waals surface area contributed by atoms with Gasteiger partial charge in [-0.25, -0.2) is 0 Å². The molecular formula is C23H30N2O2. The maximum Gasteiger partial charge on any atom is 0.227 e. The lowest BCUT2D eigenvalue weighted by Crippen LogP contribution is -2.41. The fourth-order valence-electron chi connectivity index (χ4n) is 4.44. The van der Waals surface area contributed by atoms with Gasteiger partial charge in [-0.2, -0.15) is 0 Å². The van der Waals surface area contributed by atoms with Gasteiger partial charge in [0.2, 0.25) is 5.91 Å². The highest BCUT2D eigenvalue weighted by molar-refractivity contribution is 5.83. The summed E-state index contributed by atoms with van der Waals surface area (Å²) in [6.45, 7) is 5.48. The fourth-order valence-corrected chi connectivity index (χ4v) is 4.44. The van der Waals surface area contributed by atoms with E-state index in [1.165, 1.54) is 29.2 Å². The SMILES string of the molecule is CN(CC1CCN(Cc2ccc3ccccc3c2)CC1)C(=O)C1CCOC1. The lowest BCUT2D eigenvalue weighted by atomic mass is 9.95. The summed E-state index contributed by atoms with van der Waals surface area (Å²) in [6.07, 6.45) is 3.23. The Labute approximate surface area is 162 Å². The number of hydrogen-bond donors (Lipinski definition) is 0. The molecule has 2 fully saturated rings. The monoisotopic (exact) mass is 366 g/mol. The van der Waals surface area contributed by atoms with E-state index in [1.807, 2.05) is 11.9 Å². The largest absolute Gasteiger partial charge is 0.381 e. The van der Waals surface area contributed by atoms with Gasteiger partial charge in [0.15, 0.2) is 0 Å². The summed E-state index contributed by atoms with van der Waals surface area (Å²) in [6, 6.07) is 15.3. The van der Waals surface area contributed by atoms with Crippen molar-refractivity contribution in [3.05, 3.63) is 48.0 Å². The molecule has 0 bridgehead atoms. The van der Waals surface area contributed by atoms with Crippen LogP contribution in [0.2, 0.25) is 0 Å². The van der Waals surface area contributed by atoms with Crippen molar-refractivity contribution < 1.29 is 9.53 Å². The third-order valence-corrected chi connectivity index (χ3v) is 6.11. The van der Waals surface area contributed by atoms with E-state index >= 15 is 0 Å². The van der Waals surface area contributed by atoms with Crippen molar-refractivity contribution in [2.75, 3.05) is 39.9 Å². The normalized spacial score (nSPS) is 21.6. The molecular weight excluding hydrogens is 336 g/mol. The Morgan fingerprint density at radius 2 is 1.89 bits per heavy atom. The van der Waals surface area contributed by atoms with Gasteiger partial charge in [0, 0.05) is 26.7 Å². The molecule has 2 aromatic rings. The molecule has 1 atom stereocenters. The van der Waals surface area contributed by atoms with Crippen molar-refractivity contribution in [1.29, 1.82) is 0 Å². The molecule has 0 spiro atoms.